The molecule has 1 fully saturated rings. The van der Waals surface area contributed by atoms with Crippen LogP contribution in [0.3, 0.4) is 0 Å². The van der Waals surface area contributed by atoms with Gasteiger partial charge in [-0.3, -0.25) is 0 Å². The summed E-state index contributed by atoms with van der Waals surface area (Å²) in [7, 11) is 1.84. The van der Waals surface area contributed by atoms with Crippen LogP contribution in [-0.4, -0.2) is 54.7 Å². The third kappa shape index (κ3) is 5.48. The van der Waals surface area contributed by atoms with Gasteiger partial charge in [-0.2, -0.15) is 0 Å². The van der Waals surface area contributed by atoms with Gasteiger partial charge in [-0.05, 0) is 83.4 Å². The second-order valence-electron chi connectivity index (χ2n) is 9.70. The fraction of sp³-hybridized carbons (Fsp3) is 0.667. The lowest BCUT2D eigenvalue weighted by Gasteiger charge is -2.43. The first kappa shape index (κ1) is 24.6. The topological polar surface area (TPSA) is 37.3 Å². The molecular weight excluding hydrogens is 398 g/mol. The molecule has 1 aliphatic carbocycles. The summed E-state index contributed by atoms with van der Waals surface area (Å²) in [5, 5.41) is 0. The number of rotatable bonds is 11. The molecule has 178 valence electrons. The second kappa shape index (κ2) is 10.7. The first-order valence-corrected chi connectivity index (χ1v) is 12.4. The summed E-state index contributed by atoms with van der Waals surface area (Å²) in [5.74, 6) is 2.62. The Bertz CT molecular complexity index is 849. The highest BCUT2D eigenvalue weighted by atomic mass is 16.5. The molecule has 0 radical (unpaired) electrons. The zero-order chi connectivity index (χ0) is 23.4. The Morgan fingerprint density at radius 2 is 1.75 bits per heavy atom. The fourth-order valence-corrected chi connectivity index (χ4v) is 4.76. The molecule has 1 aromatic carbocycles. The van der Waals surface area contributed by atoms with Gasteiger partial charge in [-0.25, -0.2) is 4.99 Å². The Morgan fingerprint density at radius 3 is 2.28 bits per heavy atom. The molecule has 32 heavy (non-hydrogen) atoms. The summed E-state index contributed by atoms with van der Waals surface area (Å²) in [5.41, 5.74) is 5.78. The molecule has 0 aromatic heterocycles. The molecule has 1 heterocycles. The minimum absolute atomic E-state index is 0.103. The van der Waals surface area contributed by atoms with Gasteiger partial charge in [-0.1, -0.05) is 19.9 Å². The van der Waals surface area contributed by atoms with Crippen molar-refractivity contribution in [2.45, 2.75) is 86.5 Å². The van der Waals surface area contributed by atoms with Gasteiger partial charge in [0.15, 0.2) is 6.23 Å². The number of nitrogens with zero attached hydrogens (tertiary/aromatic N) is 3. The highest BCUT2D eigenvalue weighted by Gasteiger charge is 2.38. The summed E-state index contributed by atoms with van der Waals surface area (Å²) in [6.45, 7) is 18.1. The van der Waals surface area contributed by atoms with Gasteiger partial charge < -0.3 is 19.3 Å². The van der Waals surface area contributed by atoms with E-state index in [4.69, 9.17) is 14.5 Å². The normalized spacial score (nSPS) is 19.0. The van der Waals surface area contributed by atoms with Crippen LogP contribution < -0.4 is 4.74 Å². The highest BCUT2D eigenvalue weighted by Crippen LogP contribution is 2.38. The van der Waals surface area contributed by atoms with Crippen molar-refractivity contribution in [2.24, 2.45) is 10.9 Å². The Balaban J connectivity index is 2.18. The second-order valence-corrected chi connectivity index (χ2v) is 9.70. The van der Waals surface area contributed by atoms with Crippen molar-refractivity contribution in [2.75, 3.05) is 26.7 Å². The molecule has 0 saturated heterocycles. The summed E-state index contributed by atoms with van der Waals surface area (Å²) in [6, 6.07) is 4.38. The van der Waals surface area contributed by atoms with E-state index >= 15 is 0 Å². The van der Waals surface area contributed by atoms with Crippen LogP contribution in [0.4, 0.5) is 0 Å². The first-order valence-electron chi connectivity index (χ1n) is 12.4. The Morgan fingerprint density at radius 1 is 1.09 bits per heavy atom. The third-order valence-electron chi connectivity index (χ3n) is 6.17. The maximum atomic E-state index is 6.31. The molecule has 3 rings (SSSR count). The van der Waals surface area contributed by atoms with E-state index in [2.05, 4.69) is 70.4 Å². The number of hydrogen-bond donors (Lipinski definition) is 0. The molecule has 1 saturated carbocycles. The zero-order valence-corrected chi connectivity index (χ0v) is 21.5. The SMILES string of the molecule is CCCN(CCC)C1=C(C)N=C(c2c(C)cc(C)cc2OC(C)C)N(CC2CC2)C1OC. The van der Waals surface area contributed by atoms with Crippen LogP contribution in [0, 0.1) is 19.8 Å². The van der Waals surface area contributed by atoms with Gasteiger partial charge in [-0.15, -0.1) is 0 Å². The van der Waals surface area contributed by atoms with Crippen LogP contribution in [0.15, 0.2) is 28.5 Å². The van der Waals surface area contributed by atoms with Crippen LogP contribution in [-0.2, 0) is 4.74 Å². The number of hydrogen-bond acceptors (Lipinski definition) is 5. The van der Waals surface area contributed by atoms with E-state index in [1.165, 1.54) is 29.7 Å². The molecule has 5 nitrogen and oxygen atoms in total. The highest BCUT2D eigenvalue weighted by molar-refractivity contribution is 6.04. The summed E-state index contributed by atoms with van der Waals surface area (Å²) in [6.07, 6.45) is 4.76. The van der Waals surface area contributed by atoms with Crippen LogP contribution in [0.5, 0.6) is 5.75 Å². The van der Waals surface area contributed by atoms with Crippen LogP contribution in [0.2, 0.25) is 0 Å². The van der Waals surface area contributed by atoms with Crippen molar-refractivity contribution in [3.05, 3.63) is 40.2 Å². The third-order valence-corrected chi connectivity index (χ3v) is 6.17. The van der Waals surface area contributed by atoms with Crippen LogP contribution in [0.1, 0.15) is 77.0 Å². The monoisotopic (exact) mass is 441 g/mol. The summed E-state index contributed by atoms with van der Waals surface area (Å²) in [4.78, 5) is 10.1. The Labute approximate surface area is 195 Å². The molecule has 0 amide bonds. The molecule has 1 aliphatic heterocycles. The number of allylic oxidation sites excluding steroid dienone is 1. The van der Waals surface area contributed by atoms with Gasteiger partial charge >= 0.3 is 0 Å². The lowest BCUT2D eigenvalue weighted by atomic mass is 10.00. The van der Waals surface area contributed by atoms with E-state index in [1.54, 1.807) is 0 Å². The van der Waals surface area contributed by atoms with Crippen LogP contribution in [0.25, 0.3) is 0 Å². The summed E-state index contributed by atoms with van der Waals surface area (Å²) < 4.78 is 12.5. The molecular formula is C27H43N3O2. The lowest BCUT2D eigenvalue weighted by molar-refractivity contribution is 0.00823. The zero-order valence-electron chi connectivity index (χ0n) is 21.5. The largest absolute Gasteiger partial charge is 0.490 e. The standard InChI is InChI=1S/C27H43N3O2/c1-9-13-29(14-10-2)25-21(7)28-26(30(27(25)31-8)17-22-11-12-22)24-20(6)15-19(5)16-23(24)32-18(3)4/h15-16,18,22,27H,9-14,17H2,1-8H3. The van der Waals surface area contributed by atoms with E-state index < -0.39 is 0 Å². The average molecular weight is 442 g/mol. The molecule has 2 aliphatic rings. The van der Waals surface area contributed by atoms with Crippen molar-refractivity contribution < 1.29 is 9.47 Å². The molecule has 0 spiro atoms. The number of benzene rings is 1. The van der Waals surface area contributed by atoms with Crippen molar-refractivity contribution in [3.63, 3.8) is 0 Å². The van der Waals surface area contributed by atoms with E-state index in [0.29, 0.717) is 5.92 Å². The smallest absolute Gasteiger partial charge is 0.173 e. The molecule has 0 N–H and O–H groups in total. The maximum Gasteiger partial charge on any atom is 0.173 e. The van der Waals surface area contributed by atoms with E-state index in [9.17, 15) is 0 Å². The van der Waals surface area contributed by atoms with Gasteiger partial charge in [0.1, 0.15) is 11.6 Å². The predicted octanol–water partition coefficient (Wildman–Crippen LogP) is 5.89. The molecule has 1 atom stereocenters. The van der Waals surface area contributed by atoms with Crippen molar-refractivity contribution in [3.8, 4) is 5.75 Å². The number of methoxy groups -OCH3 is 1. The number of aryl methyl sites for hydroxylation is 2. The van der Waals surface area contributed by atoms with Gasteiger partial charge in [0, 0.05) is 26.7 Å². The molecule has 1 aromatic rings. The number of amidine groups is 1. The van der Waals surface area contributed by atoms with Gasteiger partial charge in [0.25, 0.3) is 0 Å². The summed E-state index contributed by atoms with van der Waals surface area (Å²) >= 11 is 0. The van der Waals surface area contributed by atoms with E-state index in [-0.39, 0.29) is 12.3 Å². The van der Waals surface area contributed by atoms with Crippen molar-refractivity contribution >= 4 is 5.84 Å². The molecule has 0 bridgehead atoms. The minimum atomic E-state index is -0.131. The van der Waals surface area contributed by atoms with Gasteiger partial charge in [0.05, 0.1) is 23.1 Å². The fourth-order valence-electron chi connectivity index (χ4n) is 4.76. The van der Waals surface area contributed by atoms with Crippen LogP contribution >= 0.6 is 0 Å². The first-order chi connectivity index (χ1) is 15.3. The van der Waals surface area contributed by atoms with Crippen molar-refractivity contribution in [1.82, 2.24) is 9.80 Å². The van der Waals surface area contributed by atoms with E-state index in [0.717, 1.165) is 55.3 Å². The Hall–Kier alpha value is -2.01. The molecule has 5 heteroatoms. The van der Waals surface area contributed by atoms with E-state index in [1.807, 2.05) is 7.11 Å². The van der Waals surface area contributed by atoms with Crippen molar-refractivity contribution in [1.29, 1.82) is 0 Å². The minimum Gasteiger partial charge on any atom is -0.490 e. The number of aliphatic imine (C=N–C) groups is 1. The van der Waals surface area contributed by atoms with Gasteiger partial charge in [0.2, 0.25) is 0 Å². The average Bonchev–Trinajstić information content (AvgIpc) is 3.52. The predicted molar refractivity (Wildman–Crippen MR) is 133 cm³/mol. The maximum absolute atomic E-state index is 6.31. The lowest BCUT2D eigenvalue weighted by Crippen LogP contribution is -2.51. The molecule has 1 unspecified atom stereocenters. The quantitative estimate of drug-likeness (QED) is 0.429. The number of ether oxygens (including phenoxy) is 2. The Kier molecular flexibility index (Phi) is 8.26.